The van der Waals surface area contributed by atoms with Crippen molar-refractivity contribution in [2.24, 2.45) is 0 Å². The zero-order chi connectivity index (χ0) is 52.0. The van der Waals surface area contributed by atoms with Crippen LogP contribution in [0.4, 0.5) is 0 Å². The lowest BCUT2D eigenvalue weighted by molar-refractivity contribution is -0.161. The summed E-state index contributed by atoms with van der Waals surface area (Å²) in [6, 6.07) is 0. The number of rotatable bonds is 62. The number of hydrogen-bond donors (Lipinski definition) is 1. The van der Waals surface area contributed by atoms with E-state index in [0.29, 0.717) is 12.8 Å². The molecule has 0 aromatic carbocycles. The minimum absolute atomic E-state index is 0.0620. The predicted octanol–water partition coefficient (Wildman–Crippen LogP) is 22.4. The van der Waals surface area contributed by atoms with E-state index in [-0.39, 0.29) is 25.2 Å². The molecule has 0 saturated heterocycles. The summed E-state index contributed by atoms with van der Waals surface area (Å²) < 4.78 is 10.7. The average Bonchev–Trinajstić information content (AvgIpc) is 3.38. The third-order valence-corrected chi connectivity index (χ3v) is 15.2. The van der Waals surface area contributed by atoms with Gasteiger partial charge in [0.2, 0.25) is 0 Å². The quantitative estimate of drug-likeness (QED) is 0.0373. The van der Waals surface area contributed by atoms with Crippen LogP contribution in [0.15, 0.2) is 24.3 Å². The first kappa shape index (κ1) is 70.4. The fourth-order valence-corrected chi connectivity index (χ4v) is 10.3. The van der Waals surface area contributed by atoms with E-state index in [9.17, 15) is 14.7 Å². The normalized spacial score (nSPS) is 12.2. The minimum Gasteiger partial charge on any atom is -0.462 e. The zero-order valence-electron chi connectivity index (χ0n) is 49.0. The number of allylic oxidation sites excluding steroid dienone is 4. The number of aliphatic hydroxyl groups excluding tert-OH is 1. The molecule has 0 saturated carbocycles. The molecule has 5 nitrogen and oxygen atoms in total. The number of esters is 2. The summed E-state index contributed by atoms with van der Waals surface area (Å²) in [6.45, 7) is 4.18. The summed E-state index contributed by atoms with van der Waals surface area (Å²) in [7, 11) is 0. The summed E-state index contributed by atoms with van der Waals surface area (Å²) in [4.78, 5) is 24.5. The van der Waals surface area contributed by atoms with Gasteiger partial charge in [-0.15, -0.1) is 0 Å². The van der Waals surface area contributed by atoms with Crippen molar-refractivity contribution in [2.75, 3.05) is 13.2 Å². The van der Waals surface area contributed by atoms with Gasteiger partial charge in [-0.05, 0) is 64.2 Å². The standard InChI is InChI=1S/C67H128O5/c1-3-5-7-9-11-13-15-17-19-21-22-23-24-25-26-27-28-29-30-31-32-33-34-35-36-37-38-39-40-41-42-43-44-46-48-50-52-54-56-58-60-62-67(70)72-65(63-68)64-71-66(69)61-59-57-55-53-51-49-47-45-20-18-16-14-12-10-8-6-4-2/h18,20-22,65,68H,3-17,19,23-64H2,1-2H3/b20-18-,22-21-. The molecule has 0 spiro atoms. The Morgan fingerprint density at radius 1 is 0.306 bits per heavy atom. The van der Waals surface area contributed by atoms with Crippen LogP contribution in [0.25, 0.3) is 0 Å². The first-order chi connectivity index (χ1) is 35.6. The van der Waals surface area contributed by atoms with Crippen LogP contribution < -0.4 is 0 Å². The van der Waals surface area contributed by atoms with Crippen LogP contribution in [0, 0.1) is 0 Å². The topological polar surface area (TPSA) is 72.8 Å². The highest BCUT2D eigenvalue weighted by Gasteiger charge is 2.16. The van der Waals surface area contributed by atoms with Gasteiger partial charge in [-0.2, -0.15) is 0 Å². The highest BCUT2D eigenvalue weighted by atomic mass is 16.6. The maximum Gasteiger partial charge on any atom is 0.306 e. The van der Waals surface area contributed by atoms with Crippen molar-refractivity contribution in [3.05, 3.63) is 24.3 Å². The summed E-state index contributed by atoms with van der Waals surface area (Å²) in [5, 5.41) is 9.66. The molecule has 1 N–H and O–H groups in total. The van der Waals surface area contributed by atoms with Gasteiger partial charge in [-0.3, -0.25) is 9.59 Å². The lowest BCUT2D eigenvalue weighted by Gasteiger charge is -2.15. The molecular weight excluding hydrogens is 885 g/mol. The number of ether oxygens (including phenoxy) is 2. The molecule has 0 aliphatic heterocycles. The Labute approximate surface area is 451 Å². The fourth-order valence-electron chi connectivity index (χ4n) is 10.3. The van der Waals surface area contributed by atoms with Crippen LogP contribution in [-0.4, -0.2) is 36.4 Å². The zero-order valence-corrected chi connectivity index (χ0v) is 49.0. The Balaban J connectivity index is 3.34. The Kier molecular flexibility index (Phi) is 62.2. The monoisotopic (exact) mass is 1010 g/mol. The number of aliphatic hydroxyl groups is 1. The van der Waals surface area contributed by atoms with Crippen LogP contribution in [0.3, 0.4) is 0 Å². The molecule has 0 fully saturated rings. The molecule has 0 radical (unpaired) electrons. The molecule has 0 rings (SSSR count). The van der Waals surface area contributed by atoms with Gasteiger partial charge in [0.1, 0.15) is 6.61 Å². The molecule has 0 aliphatic rings. The molecule has 0 aromatic rings. The number of hydrogen-bond acceptors (Lipinski definition) is 5. The van der Waals surface area contributed by atoms with Crippen molar-refractivity contribution in [3.63, 3.8) is 0 Å². The van der Waals surface area contributed by atoms with Gasteiger partial charge in [0.15, 0.2) is 6.10 Å². The van der Waals surface area contributed by atoms with Crippen LogP contribution in [0.2, 0.25) is 0 Å². The second kappa shape index (κ2) is 63.7. The van der Waals surface area contributed by atoms with Gasteiger partial charge >= 0.3 is 11.9 Å². The lowest BCUT2D eigenvalue weighted by atomic mass is 10.0. The van der Waals surface area contributed by atoms with E-state index in [1.165, 1.54) is 308 Å². The molecule has 5 heteroatoms. The van der Waals surface area contributed by atoms with Gasteiger partial charge in [-0.1, -0.05) is 321 Å². The summed E-state index contributed by atoms with van der Waals surface area (Å²) in [5.74, 6) is -0.575. The van der Waals surface area contributed by atoms with Crippen molar-refractivity contribution in [3.8, 4) is 0 Å². The Hall–Kier alpha value is -1.62. The maximum atomic E-state index is 12.3. The van der Waals surface area contributed by atoms with Crippen LogP contribution >= 0.6 is 0 Å². The van der Waals surface area contributed by atoms with E-state index in [1.807, 2.05) is 0 Å². The van der Waals surface area contributed by atoms with E-state index in [1.54, 1.807) is 0 Å². The van der Waals surface area contributed by atoms with Crippen molar-refractivity contribution in [1.82, 2.24) is 0 Å². The smallest absolute Gasteiger partial charge is 0.306 e. The van der Waals surface area contributed by atoms with E-state index in [0.717, 1.165) is 38.5 Å². The van der Waals surface area contributed by atoms with E-state index < -0.39 is 6.10 Å². The summed E-state index contributed by atoms with van der Waals surface area (Å²) in [5.41, 5.74) is 0. The molecule has 0 aromatic heterocycles. The first-order valence-corrected chi connectivity index (χ1v) is 32.9. The minimum atomic E-state index is -0.770. The number of carbonyl (C=O) groups excluding carboxylic acids is 2. The van der Waals surface area contributed by atoms with E-state index in [4.69, 9.17) is 9.47 Å². The van der Waals surface area contributed by atoms with Crippen LogP contribution in [-0.2, 0) is 19.1 Å². The van der Waals surface area contributed by atoms with Crippen molar-refractivity contribution in [2.45, 2.75) is 380 Å². The number of unbranched alkanes of at least 4 members (excludes halogenated alkanes) is 50. The Bertz CT molecular complexity index is 1100. The van der Waals surface area contributed by atoms with Crippen LogP contribution in [0.5, 0.6) is 0 Å². The summed E-state index contributed by atoms with van der Waals surface area (Å²) >= 11 is 0. The summed E-state index contributed by atoms with van der Waals surface area (Å²) in [6.07, 6.45) is 82.2. The maximum absolute atomic E-state index is 12.3. The van der Waals surface area contributed by atoms with Gasteiger partial charge in [-0.25, -0.2) is 0 Å². The largest absolute Gasteiger partial charge is 0.462 e. The SMILES string of the molecule is CCCCCCCC/C=C\CCCCCCCCCC(=O)OCC(CO)OC(=O)CCCCCCCCCCCCCCCCCCCCCCCCCCCCCCC/C=C\CCCCCCCCCC. The third kappa shape index (κ3) is 60.9. The van der Waals surface area contributed by atoms with Gasteiger partial charge in [0.05, 0.1) is 6.61 Å². The Morgan fingerprint density at radius 3 is 0.750 bits per heavy atom. The van der Waals surface area contributed by atoms with Gasteiger partial charge in [0, 0.05) is 12.8 Å². The Morgan fingerprint density at radius 2 is 0.514 bits per heavy atom. The van der Waals surface area contributed by atoms with E-state index in [2.05, 4.69) is 38.2 Å². The fraction of sp³-hybridized carbons (Fsp3) is 0.910. The van der Waals surface area contributed by atoms with Gasteiger partial charge < -0.3 is 14.6 Å². The highest BCUT2D eigenvalue weighted by Crippen LogP contribution is 2.18. The molecular formula is C67H128O5. The molecule has 1 atom stereocenters. The predicted molar refractivity (Wildman–Crippen MR) is 316 cm³/mol. The van der Waals surface area contributed by atoms with Gasteiger partial charge in [0.25, 0.3) is 0 Å². The molecule has 0 heterocycles. The third-order valence-electron chi connectivity index (χ3n) is 15.2. The lowest BCUT2D eigenvalue weighted by Crippen LogP contribution is -2.28. The molecule has 1 unspecified atom stereocenters. The molecule has 0 aliphatic carbocycles. The average molecular weight is 1010 g/mol. The number of carbonyl (C=O) groups is 2. The molecule has 0 bridgehead atoms. The molecule has 426 valence electrons. The second-order valence-corrected chi connectivity index (χ2v) is 22.5. The highest BCUT2D eigenvalue weighted by molar-refractivity contribution is 5.70. The molecule has 0 amide bonds. The molecule has 72 heavy (non-hydrogen) atoms. The van der Waals surface area contributed by atoms with Crippen molar-refractivity contribution < 1.29 is 24.2 Å². The van der Waals surface area contributed by atoms with Crippen LogP contribution in [0.1, 0.15) is 373 Å². The van der Waals surface area contributed by atoms with E-state index >= 15 is 0 Å². The van der Waals surface area contributed by atoms with Crippen molar-refractivity contribution >= 4 is 11.9 Å². The second-order valence-electron chi connectivity index (χ2n) is 22.5. The van der Waals surface area contributed by atoms with Crippen molar-refractivity contribution in [1.29, 1.82) is 0 Å². The first-order valence-electron chi connectivity index (χ1n) is 32.9.